The number of hydrogen-bond acceptors (Lipinski definition) is 1. The van der Waals surface area contributed by atoms with Gasteiger partial charge in [0.2, 0.25) is 0 Å². The lowest BCUT2D eigenvalue weighted by Crippen LogP contribution is -2.23. The van der Waals surface area contributed by atoms with Gasteiger partial charge in [-0.05, 0) is 48.4 Å². The average molecular weight is 339 g/mol. The third-order valence-electron chi connectivity index (χ3n) is 3.18. The van der Waals surface area contributed by atoms with Crippen molar-refractivity contribution in [3.05, 3.63) is 68.7 Å². The van der Waals surface area contributed by atoms with Crippen molar-refractivity contribution >= 4 is 27.5 Å². The summed E-state index contributed by atoms with van der Waals surface area (Å²) in [6, 6.07) is 14.5. The molecule has 3 heteroatoms. The predicted molar refractivity (Wildman–Crippen MR) is 85.9 cm³/mol. The molecule has 1 unspecified atom stereocenters. The van der Waals surface area contributed by atoms with Crippen LogP contribution in [0, 0.1) is 6.92 Å². The van der Waals surface area contributed by atoms with Gasteiger partial charge in [-0.2, -0.15) is 0 Å². The maximum Gasteiger partial charge on any atom is 0.0594 e. The lowest BCUT2D eigenvalue weighted by molar-refractivity contribution is 0.627. The van der Waals surface area contributed by atoms with Crippen molar-refractivity contribution in [3.63, 3.8) is 0 Å². The highest BCUT2D eigenvalue weighted by atomic mass is 79.9. The minimum atomic E-state index is 0.121. The summed E-state index contributed by atoms with van der Waals surface area (Å²) in [5.41, 5.74) is 3.64. The van der Waals surface area contributed by atoms with E-state index in [9.17, 15) is 0 Å². The monoisotopic (exact) mass is 337 g/mol. The smallest absolute Gasteiger partial charge is 0.0594 e. The van der Waals surface area contributed by atoms with E-state index in [2.05, 4.69) is 65.4 Å². The number of halogens is 2. The Morgan fingerprint density at radius 1 is 1.16 bits per heavy atom. The number of benzene rings is 2. The highest BCUT2D eigenvalue weighted by Gasteiger charge is 2.17. The normalized spacial score (nSPS) is 12.4. The van der Waals surface area contributed by atoms with E-state index in [4.69, 9.17) is 11.6 Å². The Bertz CT molecular complexity index is 568. The van der Waals surface area contributed by atoms with Crippen molar-refractivity contribution < 1.29 is 0 Å². The zero-order valence-electron chi connectivity index (χ0n) is 11.1. The van der Waals surface area contributed by atoms with E-state index < -0.39 is 0 Å². The largest absolute Gasteiger partial charge is 0.306 e. The number of aryl methyl sites for hydroxylation is 1. The first-order valence-corrected chi connectivity index (χ1v) is 7.54. The first-order chi connectivity index (χ1) is 9.13. The van der Waals surface area contributed by atoms with E-state index in [0.29, 0.717) is 0 Å². The summed E-state index contributed by atoms with van der Waals surface area (Å²) in [7, 11) is 0. The quantitative estimate of drug-likeness (QED) is 0.817. The summed E-state index contributed by atoms with van der Waals surface area (Å²) >= 11 is 9.89. The second-order valence-corrected chi connectivity index (χ2v) is 5.84. The van der Waals surface area contributed by atoms with Crippen LogP contribution in [-0.4, -0.2) is 6.54 Å². The van der Waals surface area contributed by atoms with E-state index in [1.54, 1.807) is 0 Å². The van der Waals surface area contributed by atoms with E-state index in [1.165, 1.54) is 11.1 Å². The fraction of sp³-hybridized carbons (Fsp3) is 0.250. The molecule has 0 aromatic heterocycles. The minimum Gasteiger partial charge on any atom is -0.306 e. The molecular weight excluding hydrogens is 322 g/mol. The van der Waals surface area contributed by atoms with E-state index in [0.717, 1.165) is 21.6 Å². The van der Waals surface area contributed by atoms with Crippen molar-refractivity contribution in [2.45, 2.75) is 19.9 Å². The predicted octanol–water partition coefficient (Wildman–Crippen LogP) is 5.11. The molecule has 1 atom stereocenters. The Hall–Kier alpha value is -0.830. The number of nitrogens with one attached hydrogen (secondary N) is 1. The van der Waals surface area contributed by atoms with E-state index in [-0.39, 0.29) is 6.04 Å². The van der Waals surface area contributed by atoms with Crippen molar-refractivity contribution in [1.29, 1.82) is 0 Å². The second kappa shape index (κ2) is 6.56. The summed E-state index contributed by atoms with van der Waals surface area (Å²) in [4.78, 5) is 0. The van der Waals surface area contributed by atoms with E-state index in [1.807, 2.05) is 12.1 Å². The summed E-state index contributed by atoms with van der Waals surface area (Å²) in [5, 5.41) is 4.31. The molecular formula is C16H17BrClN. The summed E-state index contributed by atoms with van der Waals surface area (Å²) < 4.78 is 1.04. The Balaban J connectivity index is 2.51. The van der Waals surface area contributed by atoms with Gasteiger partial charge in [0.1, 0.15) is 0 Å². The molecule has 0 saturated heterocycles. The zero-order valence-corrected chi connectivity index (χ0v) is 13.4. The Kier molecular flexibility index (Phi) is 5.03. The topological polar surface area (TPSA) is 12.0 Å². The maximum atomic E-state index is 6.37. The van der Waals surface area contributed by atoms with Gasteiger partial charge in [0.15, 0.2) is 0 Å². The van der Waals surface area contributed by atoms with Gasteiger partial charge in [-0.15, -0.1) is 0 Å². The molecule has 0 aliphatic rings. The Labute approximate surface area is 128 Å². The first kappa shape index (κ1) is 14.6. The van der Waals surface area contributed by atoms with Gasteiger partial charge in [-0.1, -0.05) is 58.7 Å². The van der Waals surface area contributed by atoms with Crippen molar-refractivity contribution in [2.24, 2.45) is 0 Å². The van der Waals surface area contributed by atoms with E-state index >= 15 is 0 Å². The highest BCUT2D eigenvalue weighted by molar-refractivity contribution is 9.10. The average Bonchev–Trinajstić information content (AvgIpc) is 2.40. The van der Waals surface area contributed by atoms with Crippen LogP contribution in [0.15, 0.2) is 46.9 Å². The summed E-state index contributed by atoms with van der Waals surface area (Å²) in [5.74, 6) is 0. The molecule has 1 N–H and O–H groups in total. The molecule has 0 saturated carbocycles. The molecule has 2 aromatic carbocycles. The fourth-order valence-corrected chi connectivity index (χ4v) is 2.84. The number of hydrogen-bond donors (Lipinski definition) is 1. The van der Waals surface area contributed by atoms with Crippen LogP contribution in [-0.2, 0) is 0 Å². The highest BCUT2D eigenvalue weighted by Crippen LogP contribution is 2.32. The maximum absolute atomic E-state index is 6.37. The van der Waals surface area contributed by atoms with Crippen LogP contribution in [0.3, 0.4) is 0 Å². The molecule has 0 heterocycles. The van der Waals surface area contributed by atoms with Crippen LogP contribution in [0.1, 0.15) is 29.7 Å². The van der Waals surface area contributed by atoms with Crippen LogP contribution in [0.2, 0.25) is 5.02 Å². The van der Waals surface area contributed by atoms with Gasteiger partial charge in [-0.3, -0.25) is 0 Å². The minimum absolute atomic E-state index is 0.121. The molecule has 2 rings (SSSR count). The van der Waals surface area contributed by atoms with Crippen LogP contribution < -0.4 is 5.32 Å². The number of rotatable bonds is 4. The SMILES string of the molecule is CCNC(c1ccccc1C)c1cc(Br)ccc1Cl. The second-order valence-electron chi connectivity index (χ2n) is 4.51. The third kappa shape index (κ3) is 3.38. The van der Waals surface area contributed by atoms with Gasteiger partial charge in [0, 0.05) is 9.50 Å². The van der Waals surface area contributed by atoms with Crippen LogP contribution >= 0.6 is 27.5 Å². The molecule has 2 aromatic rings. The van der Waals surface area contributed by atoms with Gasteiger partial charge >= 0.3 is 0 Å². The van der Waals surface area contributed by atoms with Gasteiger partial charge in [0.05, 0.1) is 6.04 Å². The molecule has 0 fully saturated rings. The Morgan fingerprint density at radius 2 is 1.89 bits per heavy atom. The van der Waals surface area contributed by atoms with Crippen molar-refractivity contribution in [3.8, 4) is 0 Å². The molecule has 0 spiro atoms. The van der Waals surface area contributed by atoms with Crippen LogP contribution in [0.4, 0.5) is 0 Å². The Morgan fingerprint density at radius 3 is 2.58 bits per heavy atom. The van der Waals surface area contributed by atoms with Gasteiger partial charge in [0.25, 0.3) is 0 Å². The van der Waals surface area contributed by atoms with Crippen molar-refractivity contribution in [1.82, 2.24) is 5.32 Å². The summed E-state index contributed by atoms with van der Waals surface area (Å²) in [6.45, 7) is 5.13. The zero-order chi connectivity index (χ0) is 13.8. The molecule has 1 nitrogen and oxygen atoms in total. The lowest BCUT2D eigenvalue weighted by atomic mass is 9.95. The fourth-order valence-electron chi connectivity index (χ4n) is 2.24. The molecule has 100 valence electrons. The molecule has 0 bridgehead atoms. The third-order valence-corrected chi connectivity index (χ3v) is 4.01. The van der Waals surface area contributed by atoms with Gasteiger partial charge in [-0.25, -0.2) is 0 Å². The van der Waals surface area contributed by atoms with Crippen molar-refractivity contribution in [2.75, 3.05) is 6.54 Å². The first-order valence-electron chi connectivity index (χ1n) is 6.37. The molecule has 0 aliphatic heterocycles. The molecule has 0 radical (unpaired) electrons. The molecule has 19 heavy (non-hydrogen) atoms. The van der Waals surface area contributed by atoms with Crippen LogP contribution in [0.25, 0.3) is 0 Å². The molecule has 0 amide bonds. The molecule has 0 aliphatic carbocycles. The van der Waals surface area contributed by atoms with Gasteiger partial charge < -0.3 is 5.32 Å². The standard InChI is InChI=1S/C16H17BrClN/c1-3-19-16(13-7-5-4-6-11(13)2)14-10-12(17)8-9-15(14)18/h4-10,16,19H,3H2,1-2H3. The lowest BCUT2D eigenvalue weighted by Gasteiger charge is -2.22. The summed E-state index contributed by atoms with van der Waals surface area (Å²) in [6.07, 6.45) is 0. The van der Waals surface area contributed by atoms with Crippen LogP contribution in [0.5, 0.6) is 0 Å².